The molecule has 0 spiro atoms. The Morgan fingerprint density at radius 1 is 1.57 bits per heavy atom. The zero-order valence-corrected chi connectivity index (χ0v) is 12.2. The molecule has 7 heteroatoms. The maximum absolute atomic E-state index is 12.0. The van der Waals surface area contributed by atoms with Gasteiger partial charge in [0.15, 0.2) is 0 Å². The number of carboxylic acids is 1. The largest absolute Gasteiger partial charge is 0.478 e. The molecule has 1 aromatic rings. The fraction of sp³-hybridized carbons (Fsp3) is 0.571. The molecule has 0 radical (unpaired) electrons. The predicted molar refractivity (Wildman–Crippen MR) is 74.2 cm³/mol. The van der Waals surface area contributed by atoms with E-state index in [0.717, 1.165) is 6.42 Å². The van der Waals surface area contributed by atoms with Crippen LogP contribution in [0.4, 0.5) is 4.79 Å². The van der Waals surface area contributed by atoms with Crippen LogP contribution in [0.25, 0.3) is 0 Å². The summed E-state index contributed by atoms with van der Waals surface area (Å²) in [5, 5.41) is 11.7. The van der Waals surface area contributed by atoms with Gasteiger partial charge in [0.05, 0.1) is 13.2 Å². The van der Waals surface area contributed by atoms with Gasteiger partial charge in [-0.05, 0) is 19.4 Å². The molecular formula is C14H20N2O5. The molecule has 1 aromatic heterocycles. The van der Waals surface area contributed by atoms with Crippen LogP contribution in [-0.4, -0.2) is 48.8 Å². The first-order chi connectivity index (χ1) is 10.0. The molecule has 0 aliphatic carbocycles. The van der Waals surface area contributed by atoms with Crippen LogP contribution in [-0.2, 0) is 11.3 Å². The Hall–Kier alpha value is -2.02. The monoisotopic (exact) mass is 296 g/mol. The maximum atomic E-state index is 12.0. The van der Waals surface area contributed by atoms with Crippen LogP contribution < -0.4 is 5.32 Å². The zero-order chi connectivity index (χ0) is 15.4. The fourth-order valence-corrected chi connectivity index (χ4v) is 2.51. The number of carbonyl (C=O) groups excluding carboxylic acids is 1. The second kappa shape index (κ2) is 6.62. The van der Waals surface area contributed by atoms with Crippen molar-refractivity contribution >= 4 is 12.0 Å². The van der Waals surface area contributed by atoms with Gasteiger partial charge in [0.2, 0.25) is 0 Å². The highest BCUT2D eigenvalue weighted by atomic mass is 16.5. The quantitative estimate of drug-likeness (QED) is 0.858. The number of likely N-dealkylation sites (tertiary alicyclic amines) is 1. The minimum Gasteiger partial charge on any atom is -0.478 e. The highest BCUT2D eigenvalue weighted by Crippen LogP contribution is 2.17. The molecule has 2 heterocycles. The fourth-order valence-electron chi connectivity index (χ4n) is 2.51. The van der Waals surface area contributed by atoms with Crippen LogP contribution in [0.2, 0.25) is 0 Å². The van der Waals surface area contributed by atoms with Gasteiger partial charge in [0.25, 0.3) is 0 Å². The molecule has 0 saturated carbocycles. The van der Waals surface area contributed by atoms with Crippen LogP contribution in [0, 0.1) is 12.8 Å². The first-order valence-corrected chi connectivity index (χ1v) is 6.85. The third-order valence-electron chi connectivity index (χ3n) is 3.59. The molecule has 0 aromatic carbocycles. The molecule has 2 rings (SSSR count). The number of nitrogens with one attached hydrogen (secondary N) is 1. The molecule has 7 nitrogen and oxygen atoms in total. The van der Waals surface area contributed by atoms with Crippen LogP contribution in [0.1, 0.15) is 28.3 Å². The number of carboxylic acid groups (broad SMARTS) is 1. The van der Waals surface area contributed by atoms with Crippen molar-refractivity contribution in [2.24, 2.45) is 5.92 Å². The van der Waals surface area contributed by atoms with Gasteiger partial charge in [0.1, 0.15) is 17.1 Å². The van der Waals surface area contributed by atoms with E-state index in [9.17, 15) is 9.59 Å². The molecular weight excluding hydrogens is 276 g/mol. The minimum absolute atomic E-state index is 0.126. The van der Waals surface area contributed by atoms with Crippen molar-refractivity contribution in [3.05, 3.63) is 23.2 Å². The van der Waals surface area contributed by atoms with E-state index in [1.165, 1.54) is 6.07 Å². The standard InChI is InChI=1S/C14H20N2O5/c1-9-12(13(17)18)5-11(21-9)6-15-14(19)16-4-3-10(7-16)8-20-2/h5,10H,3-4,6-8H2,1-2H3,(H,15,19)(H,17,18). The van der Waals surface area contributed by atoms with Gasteiger partial charge in [-0.1, -0.05) is 0 Å². The smallest absolute Gasteiger partial charge is 0.339 e. The number of nitrogens with zero attached hydrogens (tertiary/aromatic N) is 1. The molecule has 1 aliphatic heterocycles. The normalized spacial score (nSPS) is 18.0. The molecule has 2 amide bonds. The van der Waals surface area contributed by atoms with E-state index in [2.05, 4.69) is 5.32 Å². The predicted octanol–water partition coefficient (Wildman–Crippen LogP) is 1.46. The third-order valence-corrected chi connectivity index (χ3v) is 3.59. The second-order valence-electron chi connectivity index (χ2n) is 5.20. The lowest BCUT2D eigenvalue weighted by Gasteiger charge is -2.16. The Balaban J connectivity index is 1.84. The van der Waals surface area contributed by atoms with Crippen molar-refractivity contribution in [2.45, 2.75) is 19.9 Å². The summed E-state index contributed by atoms with van der Waals surface area (Å²) in [6, 6.07) is 1.27. The van der Waals surface area contributed by atoms with E-state index < -0.39 is 5.97 Å². The van der Waals surface area contributed by atoms with Gasteiger partial charge < -0.3 is 24.5 Å². The molecule has 1 unspecified atom stereocenters. The highest BCUT2D eigenvalue weighted by Gasteiger charge is 2.26. The number of furan rings is 1. The van der Waals surface area contributed by atoms with E-state index in [0.29, 0.717) is 37.1 Å². The van der Waals surface area contributed by atoms with Crippen molar-refractivity contribution in [2.75, 3.05) is 26.8 Å². The van der Waals surface area contributed by atoms with Gasteiger partial charge in [-0.3, -0.25) is 0 Å². The molecule has 0 bridgehead atoms. The molecule has 2 N–H and O–H groups in total. The second-order valence-corrected chi connectivity index (χ2v) is 5.20. The molecule has 1 aliphatic rings. The van der Waals surface area contributed by atoms with E-state index in [1.807, 2.05) is 0 Å². The Morgan fingerprint density at radius 3 is 2.95 bits per heavy atom. The number of ether oxygens (including phenoxy) is 1. The van der Waals surface area contributed by atoms with E-state index >= 15 is 0 Å². The average Bonchev–Trinajstić information content (AvgIpc) is 3.03. The van der Waals surface area contributed by atoms with Gasteiger partial charge in [0, 0.05) is 26.1 Å². The summed E-state index contributed by atoms with van der Waals surface area (Å²) < 4.78 is 10.4. The lowest BCUT2D eigenvalue weighted by molar-refractivity contribution is 0.0695. The Morgan fingerprint density at radius 2 is 2.33 bits per heavy atom. The molecule has 1 atom stereocenters. The average molecular weight is 296 g/mol. The number of rotatable bonds is 5. The number of urea groups is 1. The summed E-state index contributed by atoms with van der Waals surface area (Å²) in [7, 11) is 1.65. The molecule has 1 fully saturated rings. The van der Waals surface area contributed by atoms with Gasteiger partial charge >= 0.3 is 12.0 Å². The summed E-state index contributed by atoms with van der Waals surface area (Å²) in [5.41, 5.74) is 0.126. The highest BCUT2D eigenvalue weighted by molar-refractivity contribution is 5.88. The van der Waals surface area contributed by atoms with Gasteiger partial charge in [-0.15, -0.1) is 0 Å². The number of hydrogen-bond donors (Lipinski definition) is 2. The summed E-state index contributed by atoms with van der Waals surface area (Å²) in [6.07, 6.45) is 0.935. The number of methoxy groups -OCH3 is 1. The minimum atomic E-state index is -1.03. The van der Waals surface area contributed by atoms with E-state index in [1.54, 1.807) is 18.9 Å². The van der Waals surface area contributed by atoms with Gasteiger partial charge in [-0.2, -0.15) is 0 Å². The van der Waals surface area contributed by atoms with Crippen molar-refractivity contribution in [3.8, 4) is 0 Å². The number of carbonyl (C=O) groups is 2. The van der Waals surface area contributed by atoms with Crippen molar-refractivity contribution in [1.29, 1.82) is 0 Å². The van der Waals surface area contributed by atoms with Crippen LogP contribution >= 0.6 is 0 Å². The third kappa shape index (κ3) is 3.75. The SMILES string of the molecule is COCC1CCN(C(=O)NCc2cc(C(=O)O)c(C)o2)C1. The van der Waals surface area contributed by atoms with E-state index in [-0.39, 0.29) is 18.1 Å². The topological polar surface area (TPSA) is 92.0 Å². The number of amides is 2. The first kappa shape index (κ1) is 15.4. The molecule has 21 heavy (non-hydrogen) atoms. The molecule has 116 valence electrons. The number of aryl methyl sites for hydroxylation is 1. The lowest BCUT2D eigenvalue weighted by Crippen LogP contribution is -2.38. The summed E-state index contributed by atoms with van der Waals surface area (Å²) >= 11 is 0. The van der Waals surface area contributed by atoms with Gasteiger partial charge in [-0.25, -0.2) is 9.59 Å². The Labute approximate surface area is 122 Å². The number of aromatic carboxylic acids is 1. The van der Waals surface area contributed by atoms with Crippen molar-refractivity contribution < 1.29 is 23.8 Å². The van der Waals surface area contributed by atoms with Crippen molar-refractivity contribution in [3.63, 3.8) is 0 Å². The zero-order valence-electron chi connectivity index (χ0n) is 12.2. The lowest BCUT2D eigenvalue weighted by atomic mass is 10.1. The number of hydrogen-bond acceptors (Lipinski definition) is 4. The molecule has 1 saturated heterocycles. The maximum Gasteiger partial charge on any atom is 0.339 e. The van der Waals surface area contributed by atoms with Crippen LogP contribution in [0.5, 0.6) is 0 Å². The summed E-state index contributed by atoms with van der Waals surface area (Å²) in [4.78, 5) is 24.7. The van der Waals surface area contributed by atoms with Crippen molar-refractivity contribution in [1.82, 2.24) is 10.2 Å². The van der Waals surface area contributed by atoms with Crippen LogP contribution in [0.3, 0.4) is 0 Å². The Kier molecular flexibility index (Phi) is 4.85. The van der Waals surface area contributed by atoms with E-state index in [4.69, 9.17) is 14.3 Å². The van der Waals surface area contributed by atoms with Crippen LogP contribution in [0.15, 0.2) is 10.5 Å². The summed E-state index contributed by atoms with van der Waals surface area (Å²) in [6.45, 7) is 3.81. The first-order valence-electron chi connectivity index (χ1n) is 6.85. The Bertz CT molecular complexity index is 525. The summed E-state index contributed by atoms with van der Waals surface area (Å²) in [5.74, 6) is 0.125.